The first kappa shape index (κ1) is 9.72. The van der Waals surface area contributed by atoms with E-state index in [1.807, 2.05) is 0 Å². The van der Waals surface area contributed by atoms with Crippen LogP contribution in [0.3, 0.4) is 0 Å². The van der Waals surface area contributed by atoms with E-state index in [4.69, 9.17) is 5.73 Å². The van der Waals surface area contributed by atoms with Crippen molar-refractivity contribution in [2.24, 2.45) is 11.7 Å². The Hall–Kier alpha value is -0.820. The van der Waals surface area contributed by atoms with Gasteiger partial charge < -0.3 is 5.73 Å². The molecular formula is C13H19N. The molecule has 0 amide bonds. The van der Waals surface area contributed by atoms with Gasteiger partial charge in [-0.05, 0) is 42.9 Å². The molecule has 1 aromatic rings. The summed E-state index contributed by atoms with van der Waals surface area (Å²) in [5.41, 5.74) is 10.2. The average Bonchev–Trinajstić information content (AvgIpc) is 2.93. The van der Waals surface area contributed by atoms with E-state index in [-0.39, 0.29) is 6.04 Å². The number of rotatable bonds is 3. The summed E-state index contributed by atoms with van der Waals surface area (Å²) in [4.78, 5) is 0. The number of aryl methyl sites for hydroxylation is 2. The van der Waals surface area contributed by atoms with Crippen LogP contribution < -0.4 is 5.73 Å². The standard InChI is InChI=1S/C13H19N/c1-9-3-6-12(7-10(9)2)13(14)8-11-4-5-11/h3,6-7,11,13H,4-5,8,14H2,1-2H3/t13-/m0/s1. The molecule has 0 saturated heterocycles. The zero-order chi connectivity index (χ0) is 10.1. The average molecular weight is 189 g/mol. The van der Waals surface area contributed by atoms with Gasteiger partial charge in [-0.25, -0.2) is 0 Å². The molecule has 1 heteroatoms. The third kappa shape index (κ3) is 2.16. The highest BCUT2D eigenvalue weighted by molar-refractivity contribution is 5.31. The van der Waals surface area contributed by atoms with Gasteiger partial charge in [0.1, 0.15) is 0 Å². The predicted octanol–water partition coefficient (Wildman–Crippen LogP) is 3.10. The van der Waals surface area contributed by atoms with Crippen molar-refractivity contribution in [1.29, 1.82) is 0 Å². The quantitative estimate of drug-likeness (QED) is 0.776. The van der Waals surface area contributed by atoms with E-state index in [1.54, 1.807) is 0 Å². The van der Waals surface area contributed by atoms with Crippen LogP contribution in [0.2, 0.25) is 0 Å². The van der Waals surface area contributed by atoms with E-state index < -0.39 is 0 Å². The van der Waals surface area contributed by atoms with Crippen LogP contribution in [-0.4, -0.2) is 0 Å². The molecule has 0 radical (unpaired) electrons. The Morgan fingerprint density at radius 2 is 2.00 bits per heavy atom. The fourth-order valence-corrected chi connectivity index (χ4v) is 1.84. The third-order valence-electron chi connectivity index (χ3n) is 3.24. The molecule has 2 rings (SSSR count). The van der Waals surface area contributed by atoms with Crippen molar-refractivity contribution < 1.29 is 0 Å². The Morgan fingerprint density at radius 1 is 1.29 bits per heavy atom. The molecule has 1 saturated carbocycles. The highest BCUT2D eigenvalue weighted by atomic mass is 14.6. The maximum atomic E-state index is 6.15. The van der Waals surface area contributed by atoms with Crippen molar-refractivity contribution in [1.82, 2.24) is 0 Å². The van der Waals surface area contributed by atoms with E-state index in [2.05, 4.69) is 32.0 Å². The zero-order valence-corrected chi connectivity index (χ0v) is 9.09. The lowest BCUT2D eigenvalue weighted by molar-refractivity contribution is 0.596. The predicted molar refractivity (Wildman–Crippen MR) is 60.2 cm³/mol. The van der Waals surface area contributed by atoms with Crippen molar-refractivity contribution in [3.63, 3.8) is 0 Å². The number of benzene rings is 1. The number of hydrogen-bond acceptors (Lipinski definition) is 1. The molecule has 14 heavy (non-hydrogen) atoms. The molecule has 1 aliphatic carbocycles. The molecule has 0 spiro atoms. The molecule has 0 heterocycles. The first-order chi connectivity index (χ1) is 6.66. The molecule has 0 aliphatic heterocycles. The summed E-state index contributed by atoms with van der Waals surface area (Å²) >= 11 is 0. The van der Waals surface area contributed by atoms with Crippen molar-refractivity contribution in [2.45, 2.75) is 39.2 Å². The topological polar surface area (TPSA) is 26.0 Å². The summed E-state index contributed by atoms with van der Waals surface area (Å²) in [6, 6.07) is 6.84. The second kappa shape index (κ2) is 3.74. The van der Waals surface area contributed by atoms with Crippen molar-refractivity contribution >= 4 is 0 Å². The van der Waals surface area contributed by atoms with Gasteiger partial charge in [-0.2, -0.15) is 0 Å². The van der Waals surface area contributed by atoms with Gasteiger partial charge in [0.15, 0.2) is 0 Å². The van der Waals surface area contributed by atoms with Crippen LogP contribution in [0.5, 0.6) is 0 Å². The van der Waals surface area contributed by atoms with E-state index in [9.17, 15) is 0 Å². The van der Waals surface area contributed by atoms with E-state index in [1.165, 1.54) is 36.0 Å². The molecule has 76 valence electrons. The summed E-state index contributed by atoms with van der Waals surface area (Å²) in [5.74, 6) is 0.909. The summed E-state index contributed by atoms with van der Waals surface area (Å²) in [7, 11) is 0. The van der Waals surface area contributed by atoms with Crippen molar-refractivity contribution in [2.75, 3.05) is 0 Å². The fraction of sp³-hybridized carbons (Fsp3) is 0.538. The SMILES string of the molecule is Cc1ccc([C@@H](N)CC2CC2)cc1C. The van der Waals surface area contributed by atoms with Gasteiger partial charge in [0.05, 0.1) is 0 Å². The third-order valence-corrected chi connectivity index (χ3v) is 3.24. The first-order valence-corrected chi connectivity index (χ1v) is 5.49. The maximum Gasteiger partial charge on any atom is 0.0297 e. The van der Waals surface area contributed by atoms with E-state index in [0.717, 1.165) is 5.92 Å². The minimum Gasteiger partial charge on any atom is -0.324 e. The van der Waals surface area contributed by atoms with Crippen LogP contribution in [0.1, 0.15) is 42.0 Å². The molecule has 0 unspecified atom stereocenters. The van der Waals surface area contributed by atoms with Crippen LogP contribution in [0.4, 0.5) is 0 Å². The Labute approximate surface area is 86.3 Å². The van der Waals surface area contributed by atoms with Gasteiger partial charge >= 0.3 is 0 Å². The lowest BCUT2D eigenvalue weighted by atomic mass is 9.98. The van der Waals surface area contributed by atoms with E-state index >= 15 is 0 Å². The van der Waals surface area contributed by atoms with E-state index in [0.29, 0.717) is 0 Å². The van der Waals surface area contributed by atoms with Gasteiger partial charge in [-0.1, -0.05) is 31.0 Å². The highest BCUT2D eigenvalue weighted by Crippen LogP contribution is 2.36. The molecule has 0 aromatic heterocycles. The second-order valence-electron chi connectivity index (χ2n) is 4.63. The first-order valence-electron chi connectivity index (χ1n) is 5.49. The largest absolute Gasteiger partial charge is 0.324 e. The van der Waals surface area contributed by atoms with Crippen LogP contribution in [0, 0.1) is 19.8 Å². The zero-order valence-electron chi connectivity index (χ0n) is 9.09. The lowest BCUT2D eigenvalue weighted by Crippen LogP contribution is -2.11. The van der Waals surface area contributed by atoms with Crippen LogP contribution >= 0.6 is 0 Å². The van der Waals surface area contributed by atoms with Crippen LogP contribution in [0.15, 0.2) is 18.2 Å². The normalized spacial score (nSPS) is 18.2. The smallest absolute Gasteiger partial charge is 0.0297 e. The molecule has 1 aliphatic rings. The monoisotopic (exact) mass is 189 g/mol. The lowest BCUT2D eigenvalue weighted by Gasteiger charge is -2.13. The summed E-state index contributed by atoms with van der Waals surface area (Å²) in [6.45, 7) is 4.30. The molecule has 0 bridgehead atoms. The maximum absolute atomic E-state index is 6.15. The van der Waals surface area contributed by atoms with Gasteiger partial charge in [0.2, 0.25) is 0 Å². The fourth-order valence-electron chi connectivity index (χ4n) is 1.84. The van der Waals surface area contributed by atoms with Gasteiger partial charge in [0, 0.05) is 6.04 Å². The van der Waals surface area contributed by atoms with Gasteiger partial charge in [-0.3, -0.25) is 0 Å². The Kier molecular flexibility index (Phi) is 2.60. The van der Waals surface area contributed by atoms with Crippen LogP contribution in [0.25, 0.3) is 0 Å². The Bertz CT molecular complexity index is 326. The molecule has 2 N–H and O–H groups in total. The molecule has 1 fully saturated rings. The Morgan fingerprint density at radius 3 is 2.57 bits per heavy atom. The molecule has 1 nitrogen and oxygen atoms in total. The number of hydrogen-bond donors (Lipinski definition) is 1. The molecule has 1 aromatic carbocycles. The molecular weight excluding hydrogens is 170 g/mol. The highest BCUT2D eigenvalue weighted by Gasteiger charge is 2.24. The van der Waals surface area contributed by atoms with Gasteiger partial charge in [-0.15, -0.1) is 0 Å². The Balaban J connectivity index is 2.10. The summed E-state index contributed by atoms with van der Waals surface area (Å²) < 4.78 is 0. The minimum absolute atomic E-state index is 0.252. The van der Waals surface area contributed by atoms with Crippen molar-refractivity contribution in [3.05, 3.63) is 34.9 Å². The number of nitrogens with two attached hydrogens (primary N) is 1. The summed E-state index contributed by atoms with van der Waals surface area (Å²) in [5, 5.41) is 0. The second-order valence-corrected chi connectivity index (χ2v) is 4.63. The van der Waals surface area contributed by atoms with Crippen molar-refractivity contribution in [3.8, 4) is 0 Å². The molecule has 1 atom stereocenters. The van der Waals surface area contributed by atoms with Crippen LogP contribution in [-0.2, 0) is 0 Å². The van der Waals surface area contributed by atoms with Gasteiger partial charge in [0.25, 0.3) is 0 Å². The minimum atomic E-state index is 0.252. The summed E-state index contributed by atoms with van der Waals surface area (Å²) in [6.07, 6.45) is 3.94.